The van der Waals surface area contributed by atoms with Gasteiger partial charge in [0.2, 0.25) is 0 Å². The summed E-state index contributed by atoms with van der Waals surface area (Å²) in [6, 6.07) is 7.48. The molecule has 1 aromatic carbocycles. The molecule has 1 unspecified atom stereocenters. The summed E-state index contributed by atoms with van der Waals surface area (Å²) in [7, 11) is 3.17. The molecular weight excluding hydrogens is 256 g/mol. The van der Waals surface area contributed by atoms with Crippen molar-refractivity contribution >= 4 is 0 Å². The first kappa shape index (κ1) is 14.4. The number of aliphatic hydroxyl groups excluding tert-OH is 1. The smallest absolute Gasteiger partial charge is 0.163 e. The predicted molar refractivity (Wildman–Crippen MR) is 76.2 cm³/mol. The maximum atomic E-state index is 10.6. The predicted octanol–water partition coefficient (Wildman–Crippen LogP) is 2.56. The fraction of sp³-hybridized carbons (Fsp3) is 0.400. The van der Waals surface area contributed by atoms with Gasteiger partial charge in [-0.25, -0.2) is 0 Å². The van der Waals surface area contributed by atoms with Crippen LogP contribution in [-0.2, 0) is 0 Å². The fourth-order valence-corrected chi connectivity index (χ4v) is 2.15. The first-order chi connectivity index (χ1) is 9.58. The number of benzene rings is 1. The molecule has 1 N–H and O–H groups in total. The number of ether oxygens (including phenoxy) is 2. The van der Waals surface area contributed by atoms with Gasteiger partial charge < -0.3 is 14.6 Å². The van der Waals surface area contributed by atoms with Crippen LogP contribution in [0.25, 0.3) is 0 Å². The quantitative estimate of drug-likeness (QED) is 0.912. The Kier molecular flexibility index (Phi) is 4.29. The highest BCUT2D eigenvalue weighted by Gasteiger charge is 2.23. The van der Waals surface area contributed by atoms with Gasteiger partial charge in [0, 0.05) is 6.04 Å². The van der Waals surface area contributed by atoms with Crippen LogP contribution in [0.1, 0.15) is 37.3 Å². The van der Waals surface area contributed by atoms with Crippen LogP contribution >= 0.6 is 0 Å². The van der Waals surface area contributed by atoms with Crippen molar-refractivity contribution in [2.24, 2.45) is 0 Å². The molecule has 20 heavy (non-hydrogen) atoms. The summed E-state index contributed by atoms with van der Waals surface area (Å²) in [6.45, 7) is 4.02. The molecule has 0 radical (unpaired) electrons. The van der Waals surface area contributed by atoms with E-state index < -0.39 is 6.10 Å². The van der Waals surface area contributed by atoms with Crippen molar-refractivity contribution < 1.29 is 14.6 Å². The second-order valence-electron chi connectivity index (χ2n) is 4.82. The minimum Gasteiger partial charge on any atom is -0.497 e. The lowest BCUT2D eigenvalue weighted by molar-refractivity contribution is 0.199. The lowest BCUT2D eigenvalue weighted by Crippen LogP contribution is -2.13. The summed E-state index contributed by atoms with van der Waals surface area (Å²) in [4.78, 5) is 0. The third-order valence-electron chi connectivity index (χ3n) is 3.18. The van der Waals surface area contributed by atoms with Crippen molar-refractivity contribution in [2.75, 3.05) is 14.2 Å². The molecule has 0 spiro atoms. The molecule has 0 fully saturated rings. The van der Waals surface area contributed by atoms with Crippen LogP contribution in [-0.4, -0.2) is 29.1 Å². The average molecular weight is 276 g/mol. The Balaban J connectivity index is 2.46. The number of rotatable bonds is 5. The number of methoxy groups -OCH3 is 2. The summed E-state index contributed by atoms with van der Waals surface area (Å²) < 4.78 is 12.3. The third-order valence-corrected chi connectivity index (χ3v) is 3.18. The SMILES string of the molecule is COc1cccc(C(O)c2c(OC)cnn2C(C)C)c1. The molecule has 0 aliphatic heterocycles. The molecule has 0 saturated carbocycles. The summed E-state index contributed by atoms with van der Waals surface area (Å²) >= 11 is 0. The van der Waals surface area contributed by atoms with Crippen LogP contribution in [0, 0.1) is 0 Å². The van der Waals surface area contributed by atoms with Gasteiger partial charge in [-0.3, -0.25) is 4.68 Å². The van der Waals surface area contributed by atoms with Crippen LogP contribution in [0.3, 0.4) is 0 Å². The van der Waals surface area contributed by atoms with Gasteiger partial charge in [0.25, 0.3) is 0 Å². The normalized spacial score (nSPS) is 12.5. The van der Waals surface area contributed by atoms with Crippen LogP contribution in [0.2, 0.25) is 0 Å². The first-order valence-electron chi connectivity index (χ1n) is 6.52. The van der Waals surface area contributed by atoms with Crippen molar-refractivity contribution in [1.82, 2.24) is 9.78 Å². The Morgan fingerprint density at radius 2 is 1.95 bits per heavy atom. The molecule has 2 aromatic rings. The molecule has 1 aromatic heterocycles. The van der Waals surface area contributed by atoms with Crippen molar-refractivity contribution in [2.45, 2.75) is 26.0 Å². The molecule has 2 rings (SSSR count). The molecule has 0 aliphatic carbocycles. The number of hydrogen-bond acceptors (Lipinski definition) is 4. The lowest BCUT2D eigenvalue weighted by Gasteiger charge is -2.18. The van der Waals surface area contributed by atoms with Crippen LogP contribution in [0.5, 0.6) is 11.5 Å². The zero-order valence-corrected chi connectivity index (χ0v) is 12.2. The second kappa shape index (κ2) is 5.96. The van der Waals surface area contributed by atoms with Gasteiger partial charge >= 0.3 is 0 Å². The van der Waals surface area contributed by atoms with Gasteiger partial charge in [0.1, 0.15) is 17.5 Å². The van der Waals surface area contributed by atoms with Crippen LogP contribution in [0.4, 0.5) is 0 Å². The lowest BCUT2D eigenvalue weighted by atomic mass is 10.1. The van der Waals surface area contributed by atoms with Crippen molar-refractivity contribution in [3.05, 3.63) is 41.7 Å². The fourth-order valence-electron chi connectivity index (χ4n) is 2.15. The molecule has 0 bridgehead atoms. The van der Waals surface area contributed by atoms with Crippen molar-refractivity contribution in [3.8, 4) is 11.5 Å². The Morgan fingerprint density at radius 1 is 1.20 bits per heavy atom. The highest BCUT2D eigenvalue weighted by Crippen LogP contribution is 2.32. The highest BCUT2D eigenvalue weighted by atomic mass is 16.5. The van der Waals surface area contributed by atoms with Crippen molar-refractivity contribution in [1.29, 1.82) is 0 Å². The number of aromatic nitrogens is 2. The van der Waals surface area contributed by atoms with E-state index >= 15 is 0 Å². The van der Waals surface area contributed by atoms with Crippen LogP contribution in [0.15, 0.2) is 30.5 Å². The zero-order valence-electron chi connectivity index (χ0n) is 12.2. The molecule has 108 valence electrons. The van der Waals surface area contributed by atoms with Crippen LogP contribution < -0.4 is 9.47 Å². The first-order valence-corrected chi connectivity index (χ1v) is 6.52. The Morgan fingerprint density at radius 3 is 2.55 bits per heavy atom. The van der Waals surface area contributed by atoms with Gasteiger partial charge in [-0.2, -0.15) is 5.10 Å². The van der Waals surface area contributed by atoms with E-state index in [1.165, 1.54) is 0 Å². The minimum absolute atomic E-state index is 0.133. The molecule has 5 nitrogen and oxygen atoms in total. The second-order valence-corrected chi connectivity index (χ2v) is 4.82. The molecule has 0 amide bonds. The van der Waals surface area contributed by atoms with E-state index in [0.29, 0.717) is 17.2 Å². The van der Waals surface area contributed by atoms with E-state index in [1.54, 1.807) is 25.1 Å². The van der Waals surface area contributed by atoms with Gasteiger partial charge in [-0.05, 0) is 31.5 Å². The van der Waals surface area contributed by atoms with Gasteiger partial charge in [-0.1, -0.05) is 12.1 Å². The van der Waals surface area contributed by atoms with E-state index in [4.69, 9.17) is 9.47 Å². The summed E-state index contributed by atoms with van der Waals surface area (Å²) in [5.74, 6) is 1.28. The molecular formula is C15H20N2O3. The third kappa shape index (κ3) is 2.63. The molecule has 0 saturated heterocycles. The van der Waals surface area contributed by atoms with E-state index in [2.05, 4.69) is 5.10 Å². The highest BCUT2D eigenvalue weighted by molar-refractivity contribution is 5.38. The average Bonchev–Trinajstić information content (AvgIpc) is 2.90. The number of hydrogen-bond donors (Lipinski definition) is 1. The monoisotopic (exact) mass is 276 g/mol. The largest absolute Gasteiger partial charge is 0.497 e. The summed E-state index contributed by atoms with van der Waals surface area (Å²) in [5, 5.41) is 14.9. The van der Waals surface area contributed by atoms with Gasteiger partial charge in [-0.15, -0.1) is 0 Å². The van der Waals surface area contributed by atoms with Gasteiger partial charge in [0.05, 0.1) is 20.4 Å². The van der Waals surface area contributed by atoms with E-state index in [0.717, 1.165) is 5.56 Å². The molecule has 0 aliphatic rings. The Bertz CT molecular complexity index is 578. The topological polar surface area (TPSA) is 56.5 Å². The minimum atomic E-state index is -0.815. The van der Waals surface area contributed by atoms with E-state index in [-0.39, 0.29) is 6.04 Å². The molecule has 5 heteroatoms. The van der Waals surface area contributed by atoms with E-state index in [9.17, 15) is 5.11 Å². The van der Waals surface area contributed by atoms with E-state index in [1.807, 2.05) is 38.1 Å². The maximum absolute atomic E-state index is 10.6. The molecule has 1 atom stereocenters. The number of nitrogens with zero attached hydrogens (tertiary/aromatic N) is 2. The Labute approximate surface area is 118 Å². The maximum Gasteiger partial charge on any atom is 0.163 e. The van der Waals surface area contributed by atoms with Gasteiger partial charge in [0.15, 0.2) is 5.75 Å². The summed E-state index contributed by atoms with van der Waals surface area (Å²) in [6.07, 6.45) is 0.809. The zero-order chi connectivity index (χ0) is 14.7. The molecule has 1 heterocycles. The Hall–Kier alpha value is -2.01. The number of aliphatic hydroxyl groups is 1. The van der Waals surface area contributed by atoms with Crippen molar-refractivity contribution in [3.63, 3.8) is 0 Å². The summed E-state index contributed by atoms with van der Waals surface area (Å²) in [5.41, 5.74) is 1.39. The standard InChI is InChI=1S/C15H20N2O3/c1-10(2)17-14(13(20-4)9-16-17)15(18)11-6-5-7-12(8-11)19-3/h5-10,15,18H,1-4H3.